The molecule has 0 bridgehead atoms. The molecule has 0 aliphatic carbocycles. The summed E-state index contributed by atoms with van der Waals surface area (Å²) in [5.41, 5.74) is 2.31. The molecule has 2 amide bonds. The molecule has 7 heteroatoms. The summed E-state index contributed by atoms with van der Waals surface area (Å²) in [5, 5.41) is 6.21. The Morgan fingerprint density at radius 2 is 2.00 bits per heavy atom. The number of hydrogen-bond acceptors (Lipinski definition) is 5. The first-order chi connectivity index (χ1) is 13.2. The van der Waals surface area contributed by atoms with Crippen LogP contribution in [-0.2, 0) is 11.3 Å². The average molecular weight is 365 g/mol. The molecule has 2 aliphatic rings. The number of fused-ring (bicyclic) bond motifs is 1. The highest BCUT2D eigenvalue weighted by molar-refractivity contribution is 6.00. The van der Waals surface area contributed by atoms with Crippen LogP contribution < -0.4 is 10.6 Å². The van der Waals surface area contributed by atoms with Gasteiger partial charge in [-0.15, -0.1) is 0 Å². The Labute approximate surface area is 158 Å². The van der Waals surface area contributed by atoms with Crippen LogP contribution in [0.4, 0.5) is 5.69 Å². The summed E-state index contributed by atoms with van der Waals surface area (Å²) in [6.07, 6.45) is 1.75. The molecule has 2 saturated heterocycles. The Morgan fingerprint density at radius 1 is 1.15 bits per heavy atom. The quantitative estimate of drug-likeness (QED) is 0.844. The van der Waals surface area contributed by atoms with E-state index in [0.717, 1.165) is 24.5 Å². The van der Waals surface area contributed by atoms with Gasteiger partial charge in [-0.05, 0) is 24.3 Å². The minimum atomic E-state index is -0.245. The van der Waals surface area contributed by atoms with E-state index in [-0.39, 0.29) is 17.9 Å². The van der Waals surface area contributed by atoms with Gasteiger partial charge in [-0.1, -0.05) is 18.2 Å². The molecule has 3 heterocycles. The van der Waals surface area contributed by atoms with Crippen LogP contribution in [0.2, 0.25) is 0 Å². The van der Waals surface area contributed by atoms with Gasteiger partial charge in [0, 0.05) is 44.6 Å². The van der Waals surface area contributed by atoms with Crippen molar-refractivity contribution in [1.82, 2.24) is 20.1 Å². The minimum absolute atomic E-state index is 0.0142. The van der Waals surface area contributed by atoms with Crippen molar-refractivity contribution >= 4 is 17.5 Å². The number of benzene rings is 1. The Hall–Kier alpha value is -2.93. The molecule has 0 spiro atoms. The number of carbonyl (C=O) groups is 2. The summed E-state index contributed by atoms with van der Waals surface area (Å²) in [6, 6.07) is 13.0. The van der Waals surface area contributed by atoms with Gasteiger partial charge < -0.3 is 15.5 Å². The van der Waals surface area contributed by atoms with Crippen LogP contribution in [0.5, 0.6) is 0 Å². The highest BCUT2D eigenvalue weighted by Gasteiger charge is 2.36. The van der Waals surface area contributed by atoms with E-state index in [1.807, 2.05) is 42.5 Å². The maximum Gasteiger partial charge on any atom is 0.256 e. The lowest BCUT2D eigenvalue weighted by molar-refractivity contribution is -0.131. The Morgan fingerprint density at radius 3 is 2.85 bits per heavy atom. The molecule has 140 valence electrons. The molecule has 2 aromatic rings. The van der Waals surface area contributed by atoms with E-state index in [1.165, 1.54) is 0 Å². The van der Waals surface area contributed by atoms with Gasteiger partial charge in [0.1, 0.15) is 6.04 Å². The number of para-hydroxylation sites is 1. The Bertz CT molecular complexity index is 826. The standard InChI is InChI=1S/C20H23N5O2/c26-19-18-14-25(12-11-24(18)10-9-22-19)20(27)16-6-1-2-7-17(16)23-13-15-5-3-4-8-21-15/h1-8,18,23H,9-14H2,(H,22,26)/t18-/m0/s1. The second kappa shape index (κ2) is 7.75. The van der Waals surface area contributed by atoms with Gasteiger partial charge in [-0.2, -0.15) is 0 Å². The number of carbonyl (C=O) groups excluding carboxylic acids is 2. The number of aromatic nitrogens is 1. The number of amides is 2. The summed E-state index contributed by atoms with van der Waals surface area (Å²) in [6.45, 7) is 3.87. The van der Waals surface area contributed by atoms with Crippen molar-refractivity contribution in [3.63, 3.8) is 0 Å². The molecule has 1 atom stereocenters. The van der Waals surface area contributed by atoms with Crippen molar-refractivity contribution < 1.29 is 9.59 Å². The topological polar surface area (TPSA) is 77.6 Å². The second-order valence-electron chi connectivity index (χ2n) is 6.81. The predicted molar refractivity (Wildman–Crippen MR) is 102 cm³/mol. The smallest absolute Gasteiger partial charge is 0.256 e. The molecule has 1 aromatic heterocycles. The molecule has 4 rings (SSSR count). The van der Waals surface area contributed by atoms with Crippen molar-refractivity contribution in [2.45, 2.75) is 12.6 Å². The van der Waals surface area contributed by atoms with Crippen LogP contribution in [0, 0.1) is 0 Å². The number of pyridine rings is 1. The largest absolute Gasteiger partial charge is 0.379 e. The first kappa shape index (κ1) is 17.5. The van der Waals surface area contributed by atoms with Crippen molar-refractivity contribution in [3.05, 3.63) is 59.9 Å². The van der Waals surface area contributed by atoms with E-state index in [9.17, 15) is 9.59 Å². The fourth-order valence-corrected chi connectivity index (χ4v) is 3.64. The van der Waals surface area contributed by atoms with Crippen molar-refractivity contribution in [1.29, 1.82) is 0 Å². The number of piperazine rings is 2. The molecule has 2 N–H and O–H groups in total. The van der Waals surface area contributed by atoms with Gasteiger partial charge in [0.05, 0.1) is 17.8 Å². The van der Waals surface area contributed by atoms with E-state index in [1.54, 1.807) is 11.1 Å². The van der Waals surface area contributed by atoms with Crippen LogP contribution >= 0.6 is 0 Å². The van der Waals surface area contributed by atoms with E-state index < -0.39 is 0 Å². The number of nitrogens with zero attached hydrogens (tertiary/aromatic N) is 3. The lowest BCUT2D eigenvalue weighted by Crippen LogP contribution is -2.64. The van der Waals surface area contributed by atoms with Gasteiger partial charge in [0.2, 0.25) is 5.91 Å². The van der Waals surface area contributed by atoms with E-state index in [0.29, 0.717) is 31.7 Å². The lowest BCUT2D eigenvalue weighted by Gasteiger charge is -2.43. The zero-order valence-corrected chi connectivity index (χ0v) is 15.1. The van der Waals surface area contributed by atoms with Crippen LogP contribution in [0.15, 0.2) is 48.7 Å². The molecular weight excluding hydrogens is 342 g/mol. The summed E-state index contributed by atoms with van der Waals surface area (Å²) in [5.74, 6) is -0.0301. The van der Waals surface area contributed by atoms with Crippen molar-refractivity contribution in [2.24, 2.45) is 0 Å². The highest BCUT2D eigenvalue weighted by atomic mass is 16.2. The van der Waals surface area contributed by atoms with Gasteiger partial charge in [-0.3, -0.25) is 19.5 Å². The van der Waals surface area contributed by atoms with Gasteiger partial charge >= 0.3 is 0 Å². The first-order valence-electron chi connectivity index (χ1n) is 9.26. The summed E-state index contributed by atoms with van der Waals surface area (Å²) >= 11 is 0. The molecule has 1 aromatic carbocycles. The third-order valence-electron chi connectivity index (χ3n) is 5.12. The molecule has 0 unspecified atom stereocenters. The number of nitrogens with one attached hydrogen (secondary N) is 2. The summed E-state index contributed by atoms with van der Waals surface area (Å²) < 4.78 is 0. The Balaban J connectivity index is 1.48. The zero-order chi connectivity index (χ0) is 18.6. The average Bonchev–Trinajstić information content (AvgIpc) is 2.73. The molecule has 27 heavy (non-hydrogen) atoms. The van der Waals surface area contributed by atoms with Crippen LogP contribution in [-0.4, -0.2) is 65.4 Å². The van der Waals surface area contributed by atoms with Crippen molar-refractivity contribution in [2.75, 3.05) is 38.0 Å². The lowest BCUT2D eigenvalue weighted by atomic mass is 10.1. The predicted octanol–water partition coefficient (Wildman–Crippen LogP) is 0.950. The van der Waals surface area contributed by atoms with Gasteiger partial charge in [0.25, 0.3) is 5.91 Å². The van der Waals surface area contributed by atoms with Crippen LogP contribution in [0.1, 0.15) is 16.1 Å². The van der Waals surface area contributed by atoms with Crippen LogP contribution in [0.3, 0.4) is 0 Å². The minimum Gasteiger partial charge on any atom is -0.379 e. The SMILES string of the molecule is O=C1NCCN2CCN(C(=O)c3ccccc3NCc3ccccn3)C[C@@H]12. The molecule has 7 nitrogen and oxygen atoms in total. The number of rotatable bonds is 4. The number of hydrogen-bond donors (Lipinski definition) is 2. The van der Waals surface area contributed by atoms with E-state index >= 15 is 0 Å². The van der Waals surface area contributed by atoms with E-state index in [4.69, 9.17) is 0 Å². The van der Waals surface area contributed by atoms with Gasteiger partial charge in [0.15, 0.2) is 0 Å². The van der Waals surface area contributed by atoms with Crippen molar-refractivity contribution in [3.8, 4) is 0 Å². The highest BCUT2D eigenvalue weighted by Crippen LogP contribution is 2.21. The monoisotopic (exact) mass is 365 g/mol. The molecule has 0 radical (unpaired) electrons. The maximum absolute atomic E-state index is 13.1. The molecule has 2 fully saturated rings. The fourth-order valence-electron chi connectivity index (χ4n) is 3.64. The zero-order valence-electron chi connectivity index (χ0n) is 15.1. The Kier molecular flexibility index (Phi) is 5.02. The molecule has 2 aliphatic heterocycles. The molecular formula is C20H23N5O2. The fraction of sp³-hybridized carbons (Fsp3) is 0.350. The third kappa shape index (κ3) is 3.78. The summed E-state index contributed by atoms with van der Waals surface area (Å²) in [7, 11) is 0. The maximum atomic E-state index is 13.1. The normalized spacial score (nSPS) is 19.9. The summed E-state index contributed by atoms with van der Waals surface area (Å²) in [4.78, 5) is 33.5. The van der Waals surface area contributed by atoms with E-state index in [2.05, 4.69) is 20.5 Å². The second-order valence-corrected chi connectivity index (χ2v) is 6.81. The van der Waals surface area contributed by atoms with Crippen LogP contribution in [0.25, 0.3) is 0 Å². The molecule has 0 saturated carbocycles. The number of anilines is 1. The third-order valence-corrected chi connectivity index (χ3v) is 5.12. The van der Waals surface area contributed by atoms with Gasteiger partial charge in [-0.25, -0.2) is 0 Å². The first-order valence-corrected chi connectivity index (χ1v) is 9.26.